The van der Waals surface area contributed by atoms with Gasteiger partial charge in [-0.25, -0.2) is 4.79 Å². The van der Waals surface area contributed by atoms with Crippen molar-refractivity contribution in [1.29, 1.82) is 0 Å². The maximum Gasteiger partial charge on any atom is 0.327 e. The van der Waals surface area contributed by atoms with Crippen LogP contribution in [0.15, 0.2) is 25.3 Å². The van der Waals surface area contributed by atoms with Gasteiger partial charge in [0.15, 0.2) is 6.23 Å². The van der Waals surface area contributed by atoms with Crippen LogP contribution in [0.1, 0.15) is 12.8 Å². The van der Waals surface area contributed by atoms with Crippen molar-refractivity contribution in [1.82, 2.24) is 10.2 Å². The molecule has 0 bridgehead atoms. The van der Waals surface area contributed by atoms with Crippen LogP contribution in [0.25, 0.3) is 0 Å². The smallest absolute Gasteiger partial charge is 0.327 e. The van der Waals surface area contributed by atoms with E-state index in [9.17, 15) is 9.59 Å². The van der Waals surface area contributed by atoms with Gasteiger partial charge < -0.3 is 4.74 Å². The Bertz CT molecular complexity index is 350. The lowest BCUT2D eigenvalue weighted by molar-refractivity contribution is -0.127. The maximum absolute atomic E-state index is 11.9. The van der Waals surface area contributed by atoms with Crippen LogP contribution in [0.4, 0.5) is 4.79 Å². The highest BCUT2D eigenvalue weighted by Gasteiger charge is 2.56. The fourth-order valence-electron chi connectivity index (χ4n) is 2.12. The van der Waals surface area contributed by atoms with Crippen molar-refractivity contribution in [2.24, 2.45) is 0 Å². The number of imide groups is 1. The molecule has 1 N–H and O–H groups in total. The highest BCUT2D eigenvalue weighted by molar-refractivity contribution is 6.07. The number of nitrogens with zero attached hydrogens (tertiary/aromatic N) is 1. The Morgan fingerprint density at radius 3 is 2.44 bits per heavy atom. The van der Waals surface area contributed by atoms with Gasteiger partial charge >= 0.3 is 6.03 Å². The van der Waals surface area contributed by atoms with E-state index >= 15 is 0 Å². The number of nitrogens with one attached hydrogen (secondary N) is 1. The van der Waals surface area contributed by atoms with Crippen LogP contribution >= 0.6 is 0 Å². The Kier molecular flexibility index (Phi) is 2.55. The van der Waals surface area contributed by atoms with E-state index in [1.54, 1.807) is 12.2 Å². The molecular formula is C11H14N2O3. The summed E-state index contributed by atoms with van der Waals surface area (Å²) in [7, 11) is 0. The average Bonchev–Trinajstić information content (AvgIpc) is 2.99. The largest absolute Gasteiger partial charge is 0.351 e. The molecule has 2 rings (SSSR count). The molecule has 5 nitrogen and oxygen atoms in total. The van der Waals surface area contributed by atoms with Crippen molar-refractivity contribution in [3.63, 3.8) is 0 Å². The first-order valence-electron chi connectivity index (χ1n) is 5.14. The van der Waals surface area contributed by atoms with Gasteiger partial charge in [0.2, 0.25) is 0 Å². The van der Waals surface area contributed by atoms with E-state index in [1.807, 2.05) is 0 Å². The minimum absolute atomic E-state index is 0.286. The van der Waals surface area contributed by atoms with Crippen LogP contribution < -0.4 is 5.32 Å². The van der Waals surface area contributed by atoms with Crippen LogP contribution in [0, 0.1) is 0 Å². The van der Waals surface area contributed by atoms with Gasteiger partial charge in [0, 0.05) is 0 Å². The number of hydrogen-bond acceptors (Lipinski definition) is 3. The highest BCUT2D eigenvalue weighted by Crippen LogP contribution is 2.35. The molecule has 0 aromatic carbocycles. The predicted molar refractivity (Wildman–Crippen MR) is 57.5 cm³/mol. The maximum atomic E-state index is 11.9. The van der Waals surface area contributed by atoms with E-state index in [4.69, 9.17) is 4.74 Å². The van der Waals surface area contributed by atoms with E-state index < -0.39 is 11.6 Å². The molecule has 1 unspecified atom stereocenters. The quantitative estimate of drug-likeness (QED) is 0.425. The molecule has 2 saturated heterocycles. The van der Waals surface area contributed by atoms with Crippen LogP contribution in [0.5, 0.6) is 0 Å². The molecule has 0 spiro atoms. The lowest BCUT2D eigenvalue weighted by Crippen LogP contribution is -2.50. The number of epoxide rings is 1. The lowest BCUT2D eigenvalue weighted by atomic mass is 9.89. The van der Waals surface area contributed by atoms with Gasteiger partial charge in [-0.15, -0.1) is 13.2 Å². The summed E-state index contributed by atoms with van der Waals surface area (Å²) < 4.78 is 5.10. The molecule has 0 aromatic rings. The number of urea groups is 1. The van der Waals surface area contributed by atoms with E-state index in [0.717, 1.165) is 0 Å². The third kappa shape index (κ3) is 1.44. The fourth-order valence-corrected chi connectivity index (χ4v) is 2.12. The Labute approximate surface area is 93.7 Å². The molecule has 86 valence electrons. The Morgan fingerprint density at radius 2 is 2.00 bits per heavy atom. The molecule has 0 aliphatic carbocycles. The van der Waals surface area contributed by atoms with Crippen LogP contribution in [-0.2, 0) is 9.53 Å². The van der Waals surface area contributed by atoms with Crippen molar-refractivity contribution in [3.05, 3.63) is 25.3 Å². The monoisotopic (exact) mass is 222 g/mol. The van der Waals surface area contributed by atoms with Gasteiger partial charge in [0.05, 0.1) is 6.61 Å². The predicted octanol–water partition coefficient (Wildman–Crippen LogP) is 0.785. The van der Waals surface area contributed by atoms with Gasteiger partial charge in [-0.2, -0.15) is 0 Å². The fraction of sp³-hybridized carbons (Fsp3) is 0.455. The number of ether oxygens (including phenoxy) is 1. The summed E-state index contributed by atoms with van der Waals surface area (Å²) in [4.78, 5) is 25.1. The molecule has 2 aliphatic rings. The topological polar surface area (TPSA) is 61.9 Å². The third-order valence-electron chi connectivity index (χ3n) is 2.89. The number of rotatable bonds is 5. The molecule has 16 heavy (non-hydrogen) atoms. The second kappa shape index (κ2) is 3.75. The SMILES string of the molecule is C=CCC1(CC=C)C(=O)NC(=O)N1C1CO1. The van der Waals surface area contributed by atoms with Crippen molar-refractivity contribution in [2.45, 2.75) is 24.6 Å². The summed E-state index contributed by atoms with van der Waals surface area (Å²) >= 11 is 0. The first kappa shape index (κ1) is 10.9. The average molecular weight is 222 g/mol. The van der Waals surface area contributed by atoms with E-state index in [1.165, 1.54) is 4.90 Å². The van der Waals surface area contributed by atoms with Crippen LogP contribution in [-0.4, -0.2) is 35.2 Å². The number of carbonyl (C=O) groups is 2. The summed E-state index contributed by atoms with van der Waals surface area (Å²) in [5.74, 6) is -0.298. The molecule has 2 aliphatic heterocycles. The second-order valence-electron chi connectivity index (χ2n) is 3.93. The third-order valence-corrected chi connectivity index (χ3v) is 2.89. The molecule has 0 saturated carbocycles. The van der Waals surface area contributed by atoms with Gasteiger partial charge in [-0.1, -0.05) is 12.2 Å². The summed E-state index contributed by atoms with van der Waals surface area (Å²) in [6.45, 7) is 7.75. The summed E-state index contributed by atoms with van der Waals surface area (Å²) in [5, 5.41) is 2.32. The minimum atomic E-state index is -0.901. The molecule has 3 amide bonds. The molecule has 2 fully saturated rings. The van der Waals surface area contributed by atoms with E-state index in [2.05, 4.69) is 18.5 Å². The van der Waals surface area contributed by atoms with Crippen LogP contribution in [0.2, 0.25) is 0 Å². The zero-order valence-electron chi connectivity index (χ0n) is 8.94. The van der Waals surface area contributed by atoms with E-state index in [-0.39, 0.29) is 12.1 Å². The summed E-state index contributed by atoms with van der Waals surface area (Å²) in [6.07, 6.45) is 3.78. The zero-order valence-corrected chi connectivity index (χ0v) is 8.94. The Hall–Kier alpha value is -1.62. The molecule has 2 heterocycles. The molecule has 0 aromatic heterocycles. The van der Waals surface area contributed by atoms with Gasteiger partial charge in [-0.3, -0.25) is 15.0 Å². The van der Waals surface area contributed by atoms with Crippen molar-refractivity contribution in [2.75, 3.05) is 6.61 Å². The normalized spacial score (nSPS) is 26.5. The van der Waals surface area contributed by atoms with Gasteiger partial charge in [-0.05, 0) is 12.8 Å². The molecule has 5 heteroatoms. The Balaban J connectivity index is 2.36. The van der Waals surface area contributed by atoms with Gasteiger partial charge in [0.25, 0.3) is 5.91 Å². The van der Waals surface area contributed by atoms with Crippen molar-refractivity contribution >= 4 is 11.9 Å². The number of amides is 3. The summed E-state index contributed by atoms with van der Waals surface area (Å²) in [6, 6.07) is -0.392. The number of carbonyl (C=O) groups excluding carboxylic acids is 2. The van der Waals surface area contributed by atoms with Crippen molar-refractivity contribution in [3.8, 4) is 0 Å². The van der Waals surface area contributed by atoms with Gasteiger partial charge in [0.1, 0.15) is 5.54 Å². The first-order valence-corrected chi connectivity index (χ1v) is 5.14. The molecule has 0 radical (unpaired) electrons. The second-order valence-corrected chi connectivity index (χ2v) is 3.93. The van der Waals surface area contributed by atoms with E-state index in [0.29, 0.717) is 19.4 Å². The minimum Gasteiger partial charge on any atom is -0.351 e. The molecular weight excluding hydrogens is 208 g/mol. The van der Waals surface area contributed by atoms with Crippen LogP contribution in [0.3, 0.4) is 0 Å². The molecule has 1 atom stereocenters. The number of hydrogen-bond donors (Lipinski definition) is 1. The highest BCUT2D eigenvalue weighted by atomic mass is 16.6. The standard InChI is InChI=1S/C11H14N2O3/c1-3-5-11(6-4-2)9(14)12-10(15)13(11)8-7-16-8/h3-4,8H,1-2,5-7H2,(H,12,14,15). The van der Waals surface area contributed by atoms with Crippen molar-refractivity contribution < 1.29 is 14.3 Å². The lowest BCUT2D eigenvalue weighted by Gasteiger charge is -2.32. The zero-order chi connectivity index (χ0) is 11.8. The Morgan fingerprint density at radius 1 is 1.44 bits per heavy atom. The first-order chi connectivity index (χ1) is 7.65. The summed E-state index contributed by atoms with van der Waals surface area (Å²) in [5.41, 5.74) is -0.901.